The summed E-state index contributed by atoms with van der Waals surface area (Å²) in [5.41, 5.74) is 0.0454. The zero-order chi connectivity index (χ0) is 40.8. The van der Waals surface area contributed by atoms with Crippen LogP contribution in [0.15, 0.2) is 35.5 Å². The third kappa shape index (κ3) is 8.86. The highest BCUT2D eigenvalue weighted by Gasteiger charge is 2.78. The molecule has 3 aliphatic rings. The zero-order valence-corrected chi connectivity index (χ0v) is 29.4. The van der Waals surface area contributed by atoms with Gasteiger partial charge in [0.1, 0.15) is 11.7 Å². The van der Waals surface area contributed by atoms with E-state index >= 15 is 0 Å². The Balaban J connectivity index is 1.64. The van der Waals surface area contributed by atoms with Crippen LogP contribution in [0.25, 0.3) is 0 Å². The average Bonchev–Trinajstić information content (AvgIpc) is 3.37. The highest BCUT2D eigenvalue weighted by molar-refractivity contribution is 5.80. The molecule has 18 heteroatoms. The van der Waals surface area contributed by atoms with Crippen molar-refractivity contribution in [3.05, 3.63) is 35.5 Å². The molecule has 3 aliphatic carbocycles. The second-order valence-electron chi connectivity index (χ2n) is 15.2. The number of alkyl halides is 14. The summed E-state index contributed by atoms with van der Waals surface area (Å²) in [6, 6.07) is 0. The Hall–Kier alpha value is -2.82. The summed E-state index contributed by atoms with van der Waals surface area (Å²) < 4.78 is 193. The van der Waals surface area contributed by atoms with E-state index in [9.17, 15) is 71.1 Å². The SMILES string of the molecule is C=C1CCC(OC(=O)C(F)(F)C(F)(F)C(F)(F)F)C/C1=C\C=C1\CCCC2(C)C1CCC2C(C)CCCC(C)(C)OC(=O)C(F)(F)C(F)(F)C(F)(F)F. The van der Waals surface area contributed by atoms with Crippen LogP contribution in [0, 0.1) is 23.2 Å². The van der Waals surface area contributed by atoms with Gasteiger partial charge in [0.15, 0.2) is 0 Å². The Kier molecular flexibility index (Phi) is 12.6. The number of rotatable bonds is 12. The minimum Gasteiger partial charge on any atom is -0.457 e. The second-order valence-corrected chi connectivity index (χ2v) is 15.2. The third-order valence-corrected chi connectivity index (χ3v) is 11.0. The van der Waals surface area contributed by atoms with Crippen LogP contribution < -0.4 is 0 Å². The quantitative estimate of drug-likeness (QED) is 0.146. The molecule has 0 aromatic heterocycles. The van der Waals surface area contributed by atoms with E-state index in [1.807, 2.05) is 13.0 Å². The van der Waals surface area contributed by atoms with E-state index in [2.05, 4.69) is 23.0 Å². The number of ether oxygens (including phenoxy) is 2. The molecule has 304 valence electrons. The predicted molar refractivity (Wildman–Crippen MR) is 162 cm³/mol. The van der Waals surface area contributed by atoms with Crippen molar-refractivity contribution in [1.29, 1.82) is 0 Å². The van der Waals surface area contributed by atoms with Crippen LogP contribution in [0.3, 0.4) is 0 Å². The van der Waals surface area contributed by atoms with Crippen LogP contribution in [-0.2, 0) is 19.1 Å². The zero-order valence-electron chi connectivity index (χ0n) is 29.4. The van der Waals surface area contributed by atoms with Gasteiger partial charge in [-0.3, -0.25) is 0 Å². The Morgan fingerprint density at radius 3 is 1.92 bits per heavy atom. The fourth-order valence-electron chi connectivity index (χ4n) is 7.95. The Bertz CT molecular complexity index is 1440. The number of carbonyl (C=O) groups is 2. The van der Waals surface area contributed by atoms with Crippen LogP contribution in [-0.4, -0.2) is 59.7 Å². The molecule has 5 atom stereocenters. The van der Waals surface area contributed by atoms with E-state index in [0.29, 0.717) is 24.0 Å². The van der Waals surface area contributed by atoms with E-state index < -0.39 is 59.7 Å². The molecule has 0 spiro atoms. The van der Waals surface area contributed by atoms with E-state index in [1.165, 1.54) is 0 Å². The summed E-state index contributed by atoms with van der Waals surface area (Å²) in [5.74, 6) is -31.3. The average molecular weight is 793 g/mol. The highest BCUT2D eigenvalue weighted by atomic mass is 19.4. The highest BCUT2D eigenvalue weighted by Crippen LogP contribution is 2.60. The topological polar surface area (TPSA) is 52.6 Å². The van der Waals surface area contributed by atoms with E-state index in [0.717, 1.165) is 45.1 Å². The summed E-state index contributed by atoms with van der Waals surface area (Å²) in [7, 11) is 0. The molecule has 0 heterocycles. The molecule has 0 amide bonds. The van der Waals surface area contributed by atoms with Crippen molar-refractivity contribution in [2.24, 2.45) is 23.2 Å². The molecule has 53 heavy (non-hydrogen) atoms. The van der Waals surface area contributed by atoms with Crippen molar-refractivity contribution in [1.82, 2.24) is 0 Å². The molecular weight excluding hydrogens is 750 g/mol. The number of halogens is 14. The largest absolute Gasteiger partial charge is 0.460 e. The lowest BCUT2D eigenvalue weighted by Gasteiger charge is -2.44. The van der Waals surface area contributed by atoms with Gasteiger partial charge in [-0.15, -0.1) is 0 Å². The Morgan fingerprint density at radius 2 is 1.38 bits per heavy atom. The number of allylic oxidation sites excluding steroid dienone is 4. The smallest absolute Gasteiger partial charge is 0.457 e. The van der Waals surface area contributed by atoms with Crippen molar-refractivity contribution < 1.29 is 80.5 Å². The fourth-order valence-corrected chi connectivity index (χ4v) is 7.95. The lowest BCUT2D eigenvalue weighted by Crippen LogP contribution is -2.57. The first-order valence-electron chi connectivity index (χ1n) is 17.0. The summed E-state index contributed by atoms with van der Waals surface area (Å²) in [4.78, 5) is 23.6. The summed E-state index contributed by atoms with van der Waals surface area (Å²) in [6.07, 6.45) is -7.00. The molecule has 0 aromatic carbocycles. The second kappa shape index (κ2) is 15.0. The molecule has 3 fully saturated rings. The third-order valence-electron chi connectivity index (χ3n) is 11.0. The molecule has 0 bridgehead atoms. The fraction of sp³-hybridized carbons (Fsp3) is 0.771. The van der Waals surface area contributed by atoms with Gasteiger partial charge in [0.25, 0.3) is 0 Å². The number of fused-ring (bicyclic) bond motifs is 1. The molecule has 0 aliphatic heterocycles. The van der Waals surface area contributed by atoms with Gasteiger partial charge in [-0.05, 0) is 100 Å². The first kappa shape index (κ1) is 44.6. The van der Waals surface area contributed by atoms with Crippen molar-refractivity contribution in [3.8, 4) is 0 Å². The van der Waals surface area contributed by atoms with Crippen LogP contribution in [0.4, 0.5) is 61.5 Å². The number of hydrogen-bond donors (Lipinski definition) is 0. The van der Waals surface area contributed by atoms with Crippen LogP contribution in [0.2, 0.25) is 0 Å². The molecule has 3 rings (SSSR count). The van der Waals surface area contributed by atoms with Crippen LogP contribution in [0.1, 0.15) is 98.3 Å². The molecule has 4 nitrogen and oxygen atoms in total. The van der Waals surface area contributed by atoms with Gasteiger partial charge in [0, 0.05) is 6.42 Å². The molecular formula is C35H42F14O4. The maximum Gasteiger partial charge on any atom is 0.460 e. The number of esters is 2. The Labute approximate surface area is 297 Å². The lowest BCUT2D eigenvalue weighted by molar-refractivity contribution is -0.350. The monoisotopic (exact) mass is 792 g/mol. The number of carbonyl (C=O) groups excluding carboxylic acids is 2. The van der Waals surface area contributed by atoms with Gasteiger partial charge < -0.3 is 9.47 Å². The first-order valence-corrected chi connectivity index (χ1v) is 17.0. The standard InChI is InChI=1S/C35H42F14O4/c1-19-10-13-23(52-26(50)30(36,37)32(40,41)34(44,45)46)18-22(19)12-11-21-9-7-17-29(5)24(14-15-25(21)29)20(2)8-6-16-28(3,4)53-27(51)31(38,39)33(42,43)35(47,48)49/h11-12,20,23-25H,1,6-10,13-18H2,2-5H3/b21-11-,22-12+. The minimum atomic E-state index is -6.69. The Morgan fingerprint density at radius 1 is 0.830 bits per heavy atom. The van der Waals surface area contributed by atoms with E-state index in [-0.39, 0.29) is 55.3 Å². The van der Waals surface area contributed by atoms with E-state index in [4.69, 9.17) is 0 Å². The van der Waals surface area contributed by atoms with Crippen molar-refractivity contribution in [2.75, 3.05) is 0 Å². The molecule has 0 N–H and O–H groups in total. The van der Waals surface area contributed by atoms with E-state index in [1.54, 1.807) is 6.08 Å². The van der Waals surface area contributed by atoms with Crippen molar-refractivity contribution in [2.45, 2.75) is 146 Å². The molecule has 3 saturated carbocycles. The van der Waals surface area contributed by atoms with Gasteiger partial charge in [-0.2, -0.15) is 61.5 Å². The maximum absolute atomic E-state index is 13.9. The van der Waals surface area contributed by atoms with Gasteiger partial charge in [0.2, 0.25) is 0 Å². The van der Waals surface area contributed by atoms with Gasteiger partial charge >= 0.3 is 48.0 Å². The van der Waals surface area contributed by atoms with Gasteiger partial charge in [0.05, 0.1) is 0 Å². The normalized spacial score (nSPS) is 27.5. The first-order chi connectivity index (χ1) is 23.8. The van der Waals surface area contributed by atoms with Gasteiger partial charge in [-0.25, -0.2) is 9.59 Å². The minimum absolute atomic E-state index is 0.0293. The summed E-state index contributed by atoms with van der Waals surface area (Å²) in [5, 5.41) is 0. The molecule has 5 unspecified atom stereocenters. The molecule has 0 radical (unpaired) electrons. The maximum atomic E-state index is 13.9. The van der Waals surface area contributed by atoms with Crippen molar-refractivity contribution in [3.63, 3.8) is 0 Å². The summed E-state index contributed by atoms with van der Waals surface area (Å²) >= 11 is 0. The molecule has 0 aromatic rings. The summed E-state index contributed by atoms with van der Waals surface area (Å²) in [6.45, 7) is 10.3. The van der Waals surface area contributed by atoms with Crippen molar-refractivity contribution >= 4 is 11.9 Å². The molecule has 0 saturated heterocycles. The number of hydrogen-bond acceptors (Lipinski definition) is 4. The predicted octanol–water partition coefficient (Wildman–Crippen LogP) is 11.5. The van der Waals surface area contributed by atoms with Gasteiger partial charge in [-0.1, -0.05) is 50.1 Å². The lowest BCUT2D eigenvalue weighted by atomic mass is 9.60. The van der Waals surface area contributed by atoms with Crippen LogP contribution in [0.5, 0.6) is 0 Å². The van der Waals surface area contributed by atoms with Crippen LogP contribution >= 0.6 is 0 Å².